The van der Waals surface area contributed by atoms with E-state index in [0.29, 0.717) is 5.89 Å². The van der Waals surface area contributed by atoms with Gasteiger partial charge in [0.15, 0.2) is 5.58 Å². The molecular formula is C49H30N2O3. The summed E-state index contributed by atoms with van der Waals surface area (Å²) in [6.07, 6.45) is 0. The first-order valence-electron chi connectivity index (χ1n) is 18.0. The van der Waals surface area contributed by atoms with Gasteiger partial charge in [-0.2, -0.15) is 0 Å². The number of aromatic nitrogens is 1. The zero-order valence-electron chi connectivity index (χ0n) is 28.9. The van der Waals surface area contributed by atoms with E-state index in [1.807, 2.05) is 60.7 Å². The van der Waals surface area contributed by atoms with Crippen molar-refractivity contribution in [2.24, 2.45) is 0 Å². The van der Waals surface area contributed by atoms with Crippen molar-refractivity contribution in [2.45, 2.75) is 0 Å². The highest BCUT2D eigenvalue weighted by atomic mass is 16.4. The van der Waals surface area contributed by atoms with Crippen LogP contribution < -0.4 is 4.90 Å². The molecule has 0 aliphatic rings. The second kappa shape index (κ2) is 12.1. The van der Waals surface area contributed by atoms with Crippen molar-refractivity contribution < 1.29 is 13.3 Å². The second-order valence-electron chi connectivity index (χ2n) is 13.5. The Labute approximate surface area is 309 Å². The van der Waals surface area contributed by atoms with Gasteiger partial charge in [-0.1, -0.05) is 109 Å². The average molecular weight is 695 g/mol. The molecule has 0 bridgehead atoms. The van der Waals surface area contributed by atoms with Gasteiger partial charge in [-0.15, -0.1) is 0 Å². The van der Waals surface area contributed by atoms with Gasteiger partial charge in [0.25, 0.3) is 0 Å². The van der Waals surface area contributed by atoms with Crippen LogP contribution in [0.15, 0.2) is 195 Å². The van der Waals surface area contributed by atoms with Crippen LogP contribution in [-0.4, -0.2) is 4.98 Å². The highest BCUT2D eigenvalue weighted by Gasteiger charge is 2.20. The molecule has 54 heavy (non-hydrogen) atoms. The predicted octanol–water partition coefficient (Wildman–Crippen LogP) is 14.1. The predicted molar refractivity (Wildman–Crippen MR) is 220 cm³/mol. The molecule has 0 aliphatic heterocycles. The van der Waals surface area contributed by atoms with Gasteiger partial charge < -0.3 is 18.2 Å². The number of para-hydroxylation sites is 3. The van der Waals surface area contributed by atoms with Crippen molar-refractivity contribution in [3.05, 3.63) is 182 Å². The van der Waals surface area contributed by atoms with Gasteiger partial charge in [0.2, 0.25) is 5.89 Å². The highest BCUT2D eigenvalue weighted by Crippen LogP contribution is 2.42. The van der Waals surface area contributed by atoms with Gasteiger partial charge in [0, 0.05) is 49.7 Å². The highest BCUT2D eigenvalue weighted by molar-refractivity contribution is 6.12. The minimum absolute atomic E-state index is 0.567. The van der Waals surface area contributed by atoms with E-state index in [1.165, 1.54) is 5.56 Å². The number of hydrogen-bond donors (Lipinski definition) is 0. The Morgan fingerprint density at radius 3 is 1.87 bits per heavy atom. The van der Waals surface area contributed by atoms with E-state index >= 15 is 0 Å². The van der Waals surface area contributed by atoms with E-state index in [0.717, 1.165) is 94.3 Å². The number of hydrogen-bond acceptors (Lipinski definition) is 5. The van der Waals surface area contributed by atoms with Crippen molar-refractivity contribution in [2.75, 3.05) is 4.90 Å². The molecule has 3 aromatic heterocycles. The summed E-state index contributed by atoms with van der Waals surface area (Å²) in [5, 5.41) is 4.22. The lowest BCUT2D eigenvalue weighted by Crippen LogP contribution is -2.10. The van der Waals surface area contributed by atoms with Crippen LogP contribution in [0.2, 0.25) is 0 Å². The normalized spacial score (nSPS) is 11.7. The summed E-state index contributed by atoms with van der Waals surface area (Å²) in [6.45, 7) is 0. The molecule has 11 aromatic rings. The summed E-state index contributed by atoms with van der Waals surface area (Å²) in [4.78, 5) is 7.29. The lowest BCUT2D eigenvalue weighted by molar-refractivity contribution is 0.621. The molecule has 0 saturated carbocycles. The Hall–Kier alpha value is -7.37. The fraction of sp³-hybridized carbons (Fsp3) is 0. The first kappa shape index (κ1) is 30.3. The summed E-state index contributed by atoms with van der Waals surface area (Å²) >= 11 is 0. The van der Waals surface area contributed by atoms with E-state index in [9.17, 15) is 0 Å². The SMILES string of the molecule is c1ccc(-c2cccc(N(c3ccc(-c4cccc5nc(-c6cccc7oc8ccccc8c67)oc45)cc3)c3ccc4oc5ccccc5c4c3)c2)cc1. The maximum absolute atomic E-state index is 6.63. The summed E-state index contributed by atoms with van der Waals surface area (Å²) in [6, 6.07) is 62.8. The van der Waals surface area contributed by atoms with Crippen LogP contribution in [0.25, 0.3) is 88.7 Å². The molecule has 0 unspecified atom stereocenters. The largest absolute Gasteiger partial charge is 0.456 e. The molecule has 0 aliphatic carbocycles. The molecule has 3 heterocycles. The van der Waals surface area contributed by atoms with E-state index < -0.39 is 0 Å². The summed E-state index contributed by atoms with van der Waals surface area (Å²) in [5.74, 6) is 0.567. The first-order valence-corrected chi connectivity index (χ1v) is 18.0. The van der Waals surface area contributed by atoms with Gasteiger partial charge in [-0.05, 0) is 89.5 Å². The average Bonchev–Trinajstić information content (AvgIpc) is 3.95. The van der Waals surface area contributed by atoms with Crippen molar-refractivity contribution >= 4 is 72.0 Å². The number of furan rings is 2. The zero-order valence-corrected chi connectivity index (χ0v) is 28.9. The van der Waals surface area contributed by atoms with E-state index in [-0.39, 0.29) is 0 Å². The number of oxazole rings is 1. The van der Waals surface area contributed by atoms with Gasteiger partial charge >= 0.3 is 0 Å². The van der Waals surface area contributed by atoms with Crippen LogP contribution in [0.1, 0.15) is 0 Å². The number of nitrogens with zero attached hydrogens (tertiary/aromatic N) is 2. The lowest BCUT2D eigenvalue weighted by atomic mass is 10.0. The monoisotopic (exact) mass is 694 g/mol. The van der Waals surface area contributed by atoms with Crippen LogP contribution in [-0.2, 0) is 0 Å². The first-order chi connectivity index (χ1) is 26.7. The van der Waals surface area contributed by atoms with Crippen molar-refractivity contribution in [3.63, 3.8) is 0 Å². The smallest absolute Gasteiger partial charge is 0.228 e. The minimum Gasteiger partial charge on any atom is -0.456 e. The van der Waals surface area contributed by atoms with Crippen molar-refractivity contribution in [3.8, 4) is 33.7 Å². The zero-order chi connectivity index (χ0) is 35.6. The molecule has 254 valence electrons. The van der Waals surface area contributed by atoms with Crippen LogP contribution in [0.3, 0.4) is 0 Å². The molecular weight excluding hydrogens is 665 g/mol. The van der Waals surface area contributed by atoms with Crippen LogP contribution in [0, 0.1) is 0 Å². The Morgan fingerprint density at radius 2 is 1.00 bits per heavy atom. The molecule has 0 spiro atoms. The Bertz CT molecular complexity index is 3170. The summed E-state index contributed by atoms with van der Waals surface area (Å²) in [7, 11) is 0. The number of rotatable bonds is 6. The fourth-order valence-electron chi connectivity index (χ4n) is 7.79. The van der Waals surface area contributed by atoms with Crippen LogP contribution >= 0.6 is 0 Å². The van der Waals surface area contributed by atoms with Crippen molar-refractivity contribution in [1.82, 2.24) is 4.98 Å². The summed E-state index contributed by atoms with van der Waals surface area (Å²) < 4.78 is 19.0. The third-order valence-corrected chi connectivity index (χ3v) is 10.3. The Kier molecular flexibility index (Phi) is 6.79. The molecule has 0 N–H and O–H groups in total. The minimum atomic E-state index is 0.567. The fourth-order valence-corrected chi connectivity index (χ4v) is 7.79. The Morgan fingerprint density at radius 1 is 0.370 bits per heavy atom. The van der Waals surface area contributed by atoms with Gasteiger partial charge in [0.1, 0.15) is 27.8 Å². The number of anilines is 3. The molecule has 0 amide bonds. The molecule has 0 saturated heterocycles. The van der Waals surface area contributed by atoms with Crippen molar-refractivity contribution in [1.29, 1.82) is 0 Å². The van der Waals surface area contributed by atoms with Gasteiger partial charge in [-0.3, -0.25) is 0 Å². The van der Waals surface area contributed by atoms with E-state index in [2.05, 4.69) is 126 Å². The second-order valence-corrected chi connectivity index (χ2v) is 13.5. The third kappa shape index (κ3) is 4.90. The molecule has 5 nitrogen and oxygen atoms in total. The third-order valence-electron chi connectivity index (χ3n) is 10.3. The summed E-state index contributed by atoms with van der Waals surface area (Å²) in [5.41, 5.74) is 13.3. The standard InChI is InChI=1S/C49H30N2O3/c1-2-11-31(12-3-1)33-13-8-14-35(29-33)51(36-27-28-45-41(30-36)38-15-4-6-20-43(38)52-45)34-25-23-32(24-26-34)37-17-9-19-42-48(37)54-49(50-42)40-18-10-22-46-47(40)39-16-5-7-21-44(39)53-46/h1-30H. The number of benzene rings is 8. The molecule has 11 rings (SSSR count). The molecule has 0 fully saturated rings. The lowest BCUT2D eigenvalue weighted by Gasteiger charge is -2.26. The molecule has 5 heteroatoms. The van der Waals surface area contributed by atoms with E-state index in [1.54, 1.807) is 0 Å². The van der Waals surface area contributed by atoms with E-state index in [4.69, 9.17) is 18.2 Å². The maximum Gasteiger partial charge on any atom is 0.228 e. The molecule has 8 aromatic carbocycles. The molecule has 0 radical (unpaired) electrons. The van der Waals surface area contributed by atoms with Gasteiger partial charge in [0.05, 0.1) is 0 Å². The number of fused-ring (bicyclic) bond motifs is 7. The van der Waals surface area contributed by atoms with Crippen LogP contribution in [0.4, 0.5) is 17.1 Å². The Balaban J connectivity index is 1.03. The maximum atomic E-state index is 6.63. The topological polar surface area (TPSA) is 55.6 Å². The quantitative estimate of drug-likeness (QED) is 0.173. The van der Waals surface area contributed by atoms with Gasteiger partial charge in [-0.25, -0.2) is 4.98 Å². The van der Waals surface area contributed by atoms with Crippen LogP contribution in [0.5, 0.6) is 0 Å². The molecule has 0 atom stereocenters.